The number of rotatable bonds is 2. The Hall–Kier alpha value is -3.03. The predicted octanol–water partition coefficient (Wildman–Crippen LogP) is 0.305. The van der Waals surface area contributed by atoms with Gasteiger partial charge in [-0.15, -0.1) is 10.2 Å². The first kappa shape index (κ1) is 11.1. The van der Waals surface area contributed by atoms with Gasteiger partial charge in [-0.2, -0.15) is 9.78 Å². The number of nitrogens with zero attached hydrogens (tertiary/aromatic N) is 6. The maximum Gasteiger partial charge on any atom is 0.220 e. The lowest BCUT2D eigenvalue weighted by Gasteiger charge is -2.02. The number of amidine groups is 1. The summed E-state index contributed by atoms with van der Waals surface area (Å²) in [6, 6.07) is 7.64. The molecule has 3 N–H and O–H groups in total. The van der Waals surface area contributed by atoms with Crippen LogP contribution in [0.15, 0.2) is 41.9 Å². The molecule has 0 radical (unpaired) electrons. The molecule has 0 aliphatic heterocycles. The minimum Gasteiger partial charge on any atom is -0.409 e. The Bertz CT molecular complexity index is 759. The van der Waals surface area contributed by atoms with Crippen LogP contribution in [0, 0.1) is 0 Å². The molecule has 1 aromatic carbocycles. The second kappa shape index (κ2) is 4.33. The van der Waals surface area contributed by atoms with Crippen LogP contribution >= 0.6 is 0 Å². The smallest absolute Gasteiger partial charge is 0.220 e. The lowest BCUT2D eigenvalue weighted by molar-refractivity contribution is 0.318. The van der Waals surface area contributed by atoms with Gasteiger partial charge in [-0.3, -0.25) is 0 Å². The van der Waals surface area contributed by atoms with Crippen LogP contribution in [0.25, 0.3) is 16.6 Å². The van der Waals surface area contributed by atoms with E-state index in [-0.39, 0.29) is 11.7 Å². The maximum absolute atomic E-state index is 8.59. The Labute approximate surface area is 107 Å². The zero-order chi connectivity index (χ0) is 13.2. The monoisotopic (exact) mass is 255 g/mol. The van der Waals surface area contributed by atoms with Gasteiger partial charge in [0.1, 0.15) is 6.33 Å². The Morgan fingerprint density at radius 2 is 2.16 bits per heavy atom. The van der Waals surface area contributed by atoms with E-state index in [9.17, 15) is 0 Å². The molecule has 8 heteroatoms. The van der Waals surface area contributed by atoms with Crippen molar-refractivity contribution in [1.29, 1.82) is 0 Å². The zero-order valence-electron chi connectivity index (χ0n) is 9.67. The molecule has 0 saturated carbocycles. The van der Waals surface area contributed by atoms with Crippen LogP contribution in [0.4, 0.5) is 0 Å². The molecule has 2 heterocycles. The van der Waals surface area contributed by atoms with E-state index in [0.29, 0.717) is 5.82 Å². The summed E-state index contributed by atoms with van der Waals surface area (Å²) in [5.74, 6) is 0.492. The summed E-state index contributed by atoms with van der Waals surface area (Å²) in [4.78, 5) is 3.94. The van der Waals surface area contributed by atoms with Gasteiger partial charge >= 0.3 is 0 Å². The van der Waals surface area contributed by atoms with Crippen molar-refractivity contribution in [2.24, 2.45) is 10.9 Å². The standard InChI is InChI=1S/C11H9N7O/c12-9(17-19)10-13-6-18(16-10)11-8-4-2-1-3-7(8)5-14-15-11/h1-6,19H,(H2,12,17). The van der Waals surface area contributed by atoms with Crippen molar-refractivity contribution in [2.75, 3.05) is 0 Å². The normalized spacial score (nSPS) is 11.9. The Balaban J connectivity index is 2.17. The third-order valence-corrected chi connectivity index (χ3v) is 2.60. The fourth-order valence-corrected chi connectivity index (χ4v) is 1.71. The second-order valence-corrected chi connectivity index (χ2v) is 3.75. The molecule has 0 aliphatic rings. The molecule has 8 nitrogen and oxygen atoms in total. The van der Waals surface area contributed by atoms with Gasteiger partial charge in [0.2, 0.25) is 11.7 Å². The summed E-state index contributed by atoms with van der Waals surface area (Å²) >= 11 is 0. The number of nitrogens with two attached hydrogens (primary N) is 1. The van der Waals surface area contributed by atoms with Crippen LogP contribution in [0.3, 0.4) is 0 Å². The number of oxime groups is 1. The largest absolute Gasteiger partial charge is 0.409 e. The lowest BCUT2D eigenvalue weighted by Crippen LogP contribution is -2.15. The van der Waals surface area contributed by atoms with Gasteiger partial charge < -0.3 is 10.9 Å². The highest BCUT2D eigenvalue weighted by Gasteiger charge is 2.10. The highest BCUT2D eigenvalue weighted by molar-refractivity contribution is 5.93. The van der Waals surface area contributed by atoms with Crippen LogP contribution in [0.1, 0.15) is 5.82 Å². The van der Waals surface area contributed by atoms with Crippen molar-refractivity contribution in [1.82, 2.24) is 25.0 Å². The van der Waals surface area contributed by atoms with E-state index in [0.717, 1.165) is 10.8 Å². The lowest BCUT2D eigenvalue weighted by atomic mass is 10.2. The summed E-state index contributed by atoms with van der Waals surface area (Å²) in [6.45, 7) is 0. The van der Waals surface area contributed by atoms with Crippen molar-refractivity contribution < 1.29 is 5.21 Å². The number of aromatic nitrogens is 5. The molecule has 0 unspecified atom stereocenters. The predicted molar refractivity (Wildman–Crippen MR) is 67.0 cm³/mol. The van der Waals surface area contributed by atoms with E-state index >= 15 is 0 Å². The summed E-state index contributed by atoms with van der Waals surface area (Å²) < 4.78 is 1.43. The zero-order valence-corrected chi connectivity index (χ0v) is 9.67. The van der Waals surface area contributed by atoms with Crippen LogP contribution in [-0.4, -0.2) is 36.0 Å². The molecule has 0 saturated heterocycles. The highest BCUT2D eigenvalue weighted by atomic mass is 16.4. The maximum atomic E-state index is 8.59. The van der Waals surface area contributed by atoms with E-state index in [1.165, 1.54) is 11.0 Å². The Morgan fingerprint density at radius 1 is 1.32 bits per heavy atom. The van der Waals surface area contributed by atoms with Gasteiger partial charge in [0.25, 0.3) is 0 Å². The number of hydrogen-bond acceptors (Lipinski definition) is 6. The molecular weight excluding hydrogens is 246 g/mol. The first-order chi connectivity index (χ1) is 9.29. The van der Waals surface area contributed by atoms with Gasteiger partial charge in [0.15, 0.2) is 5.82 Å². The van der Waals surface area contributed by atoms with Crippen molar-refractivity contribution in [3.8, 4) is 5.82 Å². The quantitative estimate of drug-likeness (QED) is 0.294. The number of fused-ring (bicyclic) bond motifs is 1. The molecule has 2 aromatic heterocycles. The van der Waals surface area contributed by atoms with E-state index in [2.05, 4.69) is 25.4 Å². The van der Waals surface area contributed by atoms with Gasteiger partial charge in [0.05, 0.1) is 6.20 Å². The van der Waals surface area contributed by atoms with Crippen LogP contribution < -0.4 is 5.73 Å². The fourth-order valence-electron chi connectivity index (χ4n) is 1.71. The fraction of sp³-hybridized carbons (Fsp3) is 0. The molecule has 94 valence electrons. The summed E-state index contributed by atoms with van der Waals surface area (Å²) in [6.07, 6.45) is 3.10. The van der Waals surface area contributed by atoms with Gasteiger partial charge in [-0.05, 0) is 0 Å². The van der Waals surface area contributed by atoms with Crippen LogP contribution in [0.2, 0.25) is 0 Å². The van der Waals surface area contributed by atoms with E-state index in [1.54, 1.807) is 6.20 Å². The SMILES string of the molecule is NC(=NO)c1ncn(-c2nncc3ccccc23)n1. The van der Waals surface area contributed by atoms with Crippen molar-refractivity contribution in [3.63, 3.8) is 0 Å². The van der Waals surface area contributed by atoms with Gasteiger partial charge in [-0.1, -0.05) is 29.4 Å². The van der Waals surface area contributed by atoms with Gasteiger partial charge in [0, 0.05) is 10.8 Å². The van der Waals surface area contributed by atoms with Crippen molar-refractivity contribution in [3.05, 3.63) is 42.6 Å². The minimum absolute atomic E-state index is 0.122. The van der Waals surface area contributed by atoms with Crippen LogP contribution in [-0.2, 0) is 0 Å². The molecular formula is C11H9N7O. The number of hydrogen-bond donors (Lipinski definition) is 2. The first-order valence-electron chi connectivity index (χ1n) is 5.40. The summed E-state index contributed by atoms with van der Waals surface area (Å²) in [5.41, 5.74) is 5.42. The Morgan fingerprint density at radius 3 is 3.00 bits per heavy atom. The van der Waals surface area contributed by atoms with Crippen molar-refractivity contribution in [2.45, 2.75) is 0 Å². The Kier molecular flexibility index (Phi) is 2.53. The third kappa shape index (κ3) is 1.84. The van der Waals surface area contributed by atoms with Gasteiger partial charge in [-0.25, -0.2) is 4.98 Å². The van der Waals surface area contributed by atoms with Crippen LogP contribution in [0.5, 0.6) is 0 Å². The second-order valence-electron chi connectivity index (χ2n) is 3.75. The van der Waals surface area contributed by atoms with E-state index in [1.807, 2.05) is 24.3 Å². The molecule has 0 aliphatic carbocycles. The minimum atomic E-state index is -0.160. The van der Waals surface area contributed by atoms with E-state index in [4.69, 9.17) is 10.9 Å². The van der Waals surface area contributed by atoms with Crippen molar-refractivity contribution >= 4 is 16.6 Å². The average molecular weight is 255 g/mol. The molecule has 3 rings (SSSR count). The number of benzene rings is 1. The summed E-state index contributed by atoms with van der Waals surface area (Å²) in [5, 5.41) is 25.3. The molecule has 0 amide bonds. The molecule has 0 atom stereocenters. The molecule has 0 fully saturated rings. The summed E-state index contributed by atoms with van der Waals surface area (Å²) in [7, 11) is 0. The topological polar surface area (TPSA) is 115 Å². The highest BCUT2D eigenvalue weighted by Crippen LogP contribution is 2.17. The third-order valence-electron chi connectivity index (χ3n) is 2.60. The molecule has 0 spiro atoms. The first-order valence-corrected chi connectivity index (χ1v) is 5.40. The molecule has 0 bridgehead atoms. The molecule has 19 heavy (non-hydrogen) atoms. The van der Waals surface area contributed by atoms with E-state index < -0.39 is 0 Å². The molecule has 3 aromatic rings. The average Bonchev–Trinajstić information content (AvgIpc) is 2.95.